The number of benzene rings is 2. The summed E-state index contributed by atoms with van der Waals surface area (Å²) in [6.45, 7) is 3.82. The summed E-state index contributed by atoms with van der Waals surface area (Å²) in [5.41, 5.74) is 1.30. The number of hydrogen-bond acceptors (Lipinski definition) is 4. The second kappa shape index (κ2) is 7.51. The number of alkyl halides is 3. The molecule has 0 spiro atoms. The van der Waals surface area contributed by atoms with Crippen LogP contribution in [0.5, 0.6) is 0 Å². The Balaban J connectivity index is 2.01. The van der Waals surface area contributed by atoms with Crippen LogP contribution in [0.3, 0.4) is 0 Å². The van der Waals surface area contributed by atoms with E-state index in [1.807, 2.05) is 19.9 Å². The Kier molecular flexibility index (Phi) is 5.07. The summed E-state index contributed by atoms with van der Waals surface area (Å²) in [5.74, 6) is 0.644. The van der Waals surface area contributed by atoms with Gasteiger partial charge in [-0.05, 0) is 31.0 Å². The first-order chi connectivity index (χ1) is 15.1. The molecule has 166 valence electrons. The molecule has 1 N–H and O–H groups in total. The van der Waals surface area contributed by atoms with Gasteiger partial charge in [0, 0.05) is 41.4 Å². The van der Waals surface area contributed by atoms with Crippen molar-refractivity contribution in [3.8, 4) is 11.3 Å². The Labute approximate surface area is 182 Å². The number of aromatic nitrogens is 2. The van der Waals surface area contributed by atoms with E-state index in [0.29, 0.717) is 34.6 Å². The zero-order valence-corrected chi connectivity index (χ0v) is 17.7. The summed E-state index contributed by atoms with van der Waals surface area (Å²) in [6, 6.07) is 11.4. The van der Waals surface area contributed by atoms with Gasteiger partial charge in [0.15, 0.2) is 0 Å². The van der Waals surface area contributed by atoms with Crippen molar-refractivity contribution in [2.24, 2.45) is 7.05 Å². The lowest BCUT2D eigenvalue weighted by atomic mass is 9.69. The SMILES string of the molecule is CCC1(c2cccc([N+](=O)[O-])c2)C=C(C)Nc2c1c(-c1cccc(C(F)(F)F)c1)nn2C. The highest BCUT2D eigenvalue weighted by Crippen LogP contribution is 2.49. The average molecular weight is 442 g/mol. The molecule has 1 aliphatic rings. The van der Waals surface area contributed by atoms with E-state index in [4.69, 9.17) is 0 Å². The second-order valence-electron chi connectivity index (χ2n) is 7.86. The number of nitro groups is 1. The topological polar surface area (TPSA) is 73.0 Å². The maximum absolute atomic E-state index is 13.4. The first kappa shape index (κ1) is 21.6. The molecule has 0 fully saturated rings. The molecule has 1 aromatic heterocycles. The number of aryl methyl sites for hydroxylation is 1. The number of nitro benzene ring substituents is 1. The fourth-order valence-electron chi connectivity index (χ4n) is 4.41. The van der Waals surface area contributed by atoms with Crippen molar-refractivity contribution in [1.82, 2.24) is 9.78 Å². The van der Waals surface area contributed by atoms with Crippen molar-refractivity contribution in [2.45, 2.75) is 31.9 Å². The Bertz CT molecular complexity index is 1250. The number of hydrogen-bond donors (Lipinski definition) is 1. The molecule has 3 aromatic rings. The van der Waals surface area contributed by atoms with E-state index in [9.17, 15) is 23.3 Å². The molecular formula is C23H21F3N4O2. The van der Waals surface area contributed by atoms with E-state index in [0.717, 1.165) is 17.8 Å². The zero-order chi connectivity index (χ0) is 23.3. The van der Waals surface area contributed by atoms with Crippen LogP contribution in [-0.2, 0) is 18.6 Å². The molecule has 9 heteroatoms. The number of nitrogens with zero attached hydrogens (tertiary/aromatic N) is 3. The summed E-state index contributed by atoms with van der Waals surface area (Å²) in [6.07, 6.45) is -1.99. The van der Waals surface area contributed by atoms with Gasteiger partial charge in [0.05, 0.1) is 16.2 Å². The number of rotatable bonds is 4. The summed E-state index contributed by atoms with van der Waals surface area (Å²) in [5, 5.41) is 19.2. The van der Waals surface area contributed by atoms with E-state index < -0.39 is 22.1 Å². The van der Waals surface area contributed by atoms with E-state index in [1.54, 1.807) is 29.9 Å². The molecular weight excluding hydrogens is 421 g/mol. The van der Waals surface area contributed by atoms with Crippen LogP contribution < -0.4 is 5.32 Å². The van der Waals surface area contributed by atoms with Crippen LogP contribution in [0.1, 0.15) is 37.0 Å². The van der Waals surface area contributed by atoms with Crippen LogP contribution in [0.25, 0.3) is 11.3 Å². The van der Waals surface area contributed by atoms with Gasteiger partial charge in [-0.1, -0.05) is 37.3 Å². The number of anilines is 1. The third kappa shape index (κ3) is 3.43. The number of halogens is 3. The van der Waals surface area contributed by atoms with Crippen molar-refractivity contribution in [1.29, 1.82) is 0 Å². The highest BCUT2D eigenvalue weighted by molar-refractivity contribution is 5.77. The molecule has 4 rings (SSSR count). The van der Waals surface area contributed by atoms with Crippen LogP contribution in [0.4, 0.5) is 24.7 Å². The Morgan fingerprint density at radius 3 is 2.56 bits per heavy atom. The van der Waals surface area contributed by atoms with Crippen molar-refractivity contribution >= 4 is 11.5 Å². The van der Waals surface area contributed by atoms with Gasteiger partial charge in [-0.25, -0.2) is 0 Å². The van der Waals surface area contributed by atoms with Gasteiger partial charge in [-0.15, -0.1) is 0 Å². The van der Waals surface area contributed by atoms with Gasteiger partial charge < -0.3 is 5.32 Å². The number of non-ortho nitro benzene ring substituents is 1. The Morgan fingerprint density at radius 1 is 1.19 bits per heavy atom. The molecule has 1 atom stereocenters. The monoisotopic (exact) mass is 442 g/mol. The zero-order valence-electron chi connectivity index (χ0n) is 17.7. The summed E-state index contributed by atoms with van der Waals surface area (Å²) >= 11 is 0. The highest BCUT2D eigenvalue weighted by atomic mass is 19.4. The second-order valence-corrected chi connectivity index (χ2v) is 7.86. The molecule has 0 aliphatic carbocycles. The van der Waals surface area contributed by atoms with Gasteiger partial charge in [0.1, 0.15) is 5.82 Å². The first-order valence-electron chi connectivity index (χ1n) is 10.0. The Hall–Kier alpha value is -3.62. The van der Waals surface area contributed by atoms with Gasteiger partial charge in [0.25, 0.3) is 5.69 Å². The fraction of sp³-hybridized carbons (Fsp3) is 0.261. The summed E-state index contributed by atoms with van der Waals surface area (Å²) in [4.78, 5) is 11.0. The van der Waals surface area contributed by atoms with Crippen LogP contribution in [0.2, 0.25) is 0 Å². The minimum atomic E-state index is -4.48. The molecule has 6 nitrogen and oxygen atoms in total. The van der Waals surface area contributed by atoms with Crippen molar-refractivity contribution in [3.63, 3.8) is 0 Å². The fourth-order valence-corrected chi connectivity index (χ4v) is 4.41. The predicted molar refractivity (Wildman–Crippen MR) is 115 cm³/mol. The predicted octanol–water partition coefficient (Wildman–Crippen LogP) is 6.04. The lowest BCUT2D eigenvalue weighted by molar-refractivity contribution is -0.384. The van der Waals surface area contributed by atoms with Crippen molar-refractivity contribution in [2.75, 3.05) is 5.32 Å². The van der Waals surface area contributed by atoms with Crippen LogP contribution >= 0.6 is 0 Å². The third-order valence-corrected chi connectivity index (χ3v) is 5.86. The van der Waals surface area contributed by atoms with E-state index >= 15 is 0 Å². The van der Waals surface area contributed by atoms with Crippen LogP contribution in [0, 0.1) is 10.1 Å². The van der Waals surface area contributed by atoms with E-state index in [1.165, 1.54) is 18.2 Å². The van der Waals surface area contributed by atoms with Crippen molar-refractivity contribution < 1.29 is 18.1 Å². The number of allylic oxidation sites excluding steroid dienone is 2. The first-order valence-corrected chi connectivity index (χ1v) is 10.0. The molecule has 2 heterocycles. The van der Waals surface area contributed by atoms with Gasteiger partial charge in [-0.2, -0.15) is 18.3 Å². The van der Waals surface area contributed by atoms with E-state index in [2.05, 4.69) is 10.4 Å². The standard InChI is InChI=1S/C23H21F3N4O2/c1-4-22(16-8-6-10-18(12-16)30(31)32)13-14(2)27-21-19(22)20(28-29(21)3)15-7-5-9-17(11-15)23(24,25)26/h5-13,27H,4H2,1-3H3. The highest BCUT2D eigenvalue weighted by Gasteiger charge is 2.41. The lowest BCUT2D eigenvalue weighted by Crippen LogP contribution is -2.30. The smallest absolute Gasteiger partial charge is 0.344 e. The molecule has 2 aromatic carbocycles. The Morgan fingerprint density at radius 2 is 1.91 bits per heavy atom. The number of fused-ring (bicyclic) bond motifs is 1. The van der Waals surface area contributed by atoms with Gasteiger partial charge in [-0.3, -0.25) is 14.8 Å². The normalized spacial score (nSPS) is 18.0. The van der Waals surface area contributed by atoms with Gasteiger partial charge in [0.2, 0.25) is 0 Å². The molecule has 32 heavy (non-hydrogen) atoms. The van der Waals surface area contributed by atoms with E-state index in [-0.39, 0.29) is 5.69 Å². The molecule has 0 amide bonds. The molecule has 0 radical (unpaired) electrons. The minimum Gasteiger partial charge on any atom is -0.344 e. The maximum atomic E-state index is 13.4. The largest absolute Gasteiger partial charge is 0.416 e. The maximum Gasteiger partial charge on any atom is 0.416 e. The van der Waals surface area contributed by atoms with Crippen LogP contribution in [0.15, 0.2) is 60.3 Å². The van der Waals surface area contributed by atoms with Gasteiger partial charge >= 0.3 is 6.18 Å². The summed E-state index contributed by atoms with van der Waals surface area (Å²) in [7, 11) is 1.72. The molecule has 1 unspecified atom stereocenters. The molecule has 0 saturated heterocycles. The molecule has 0 bridgehead atoms. The quantitative estimate of drug-likeness (QED) is 0.395. The molecule has 1 aliphatic heterocycles. The number of nitrogens with one attached hydrogen (secondary N) is 1. The third-order valence-electron chi connectivity index (χ3n) is 5.86. The van der Waals surface area contributed by atoms with Crippen molar-refractivity contribution in [3.05, 3.63) is 87.1 Å². The molecule has 0 saturated carbocycles. The van der Waals surface area contributed by atoms with Crippen LogP contribution in [-0.4, -0.2) is 14.7 Å². The lowest BCUT2D eigenvalue weighted by Gasteiger charge is -2.36. The average Bonchev–Trinajstić information content (AvgIpc) is 3.09. The summed E-state index contributed by atoms with van der Waals surface area (Å²) < 4.78 is 41.7. The minimum absolute atomic E-state index is 0.0500.